The third kappa shape index (κ3) is 1.88. The van der Waals surface area contributed by atoms with Gasteiger partial charge in [-0.2, -0.15) is 10.5 Å². The lowest BCUT2D eigenvalue weighted by molar-refractivity contribution is 0.415. The van der Waals surface area contributed by atoms with Crippen molar-refractivity contribution in [1.29, 1.82) is 10.5 Å². The molecule has 0 N–H and O–H groups in total. The summed E-state index contributed by atoms with van der Waals surface area (Å²) in [4.78, 5) is 10.2. The van der Waals surface area contributed by atoms with Crippen molar-refractivity contribution < 1.29 is 0 Å². The molecule has 90 valence electrons. The van der Waals surface area contributed by atoms with Gasteiger partial charge in [-0.3, -0.25) is 0 Å². The van der Waals surface area contributed by atoms with Gasteiger partial charge >= 0.3 is 0 Å². The molecule has 19 heavy (non-hydrogen) atoms. The topological polar surface area (TPSA) is 76.6 Å². The van der Waals surface area contributed by atoms with Crippen LogP contribution in [0, 0.1) is 22.8 Å². The lowest BCUT2D eigenvalue weighted by Crippen LogP contribution is -2.07. The average molecular weight is 247 g/mol. The molecule has 0 amide bonds. The van der Waals surface area contributed by atoms with Crippen LogP contribution in [0.4, 0.5) is 0 Å². The summed E-state index contributed by atoms with van der Waals surface area (Å²) in [5, 5.41) is 17.9. The summed E-state index contributed by atoms with van der Waals surface area (Å²) < 4.78 is 0. The van der Waals surface area contributed by atoms with E-state index in [0.717, 1.165) is 22.5 Å². The highest BCUT2D eigenvalue weighted by atomic mass is 15.2. The van der Waals surface area contributed by atoms with Gasteiger partial charge in [-0.05, 0) is 12.1 Å². The normalized spacial score (nSPS) is 12.6. The van der Waals surface area contributed by atoms with Crippen LogP contribution < -0.4 is 0 Å². The third-order valence-corrected chi connectivity index (χ3v) is 3.13. The van der Waals surface area contributed by atoms with Crippen molar-refractivity contribution in [1.82, 2.24) is 14.9 Å². The van der Waals surface area contributed by atoms with Gasteiger partial charge < -0.3 is 4.90 Å². The average Bonchev–Trinajstić information content (AvgIpc) is 2.90. The van der Waals surface area contributed by atoms with Gasteiger partial charge in [0.15, 0.2) is 6.19 Å². The van der Waals surface area contributed by atoms with E-state index in [1.54, 1.807) is 17.0 Å². The van der Waals surface area contributed by atoms with Gasteiger partial charge in [0, 0.05) is 11.1 Å². The first-order chi connectivity index (χ1) is 9.31. The van der Waals surface area contributed by atoms with E-state index in [1.807, 2.05) is 12.1 Å². The smallest absolute Gasteiger partial charge is 0.180 e. The van der Waals surface area contributed by atoms with E-state index >= 15 is 0 Å². The van der Waals surface area contributed by atoms with Gasteiger partial charge in [0.05, 0.1) is 36.1 Å². The minimum absolute atomic E-state index is 0.527. The van der Waals surface area contributed by atoms with E-state index in [4.69, 9.17) is 10.5 Å². The maximum atomic E-state index is 8.97. The molecule has 0 fully saturated rings. The van der Waals surface area contributed by atoms with Crippen LogP contribution in [0.5, 0.6) is 0 Å². The number of nitriles is 2. The second-order valence-electron chi connectivity index (χ2n) is 4.30. The maximum Gasteiger partial charge on any atom is 0.180 e. The van der Waals surface area contributed by atoms with E-state index in [0.29, 0.717) is 18.7 Å². The molecule has 0 saturated heterocycles. The summed E-state index contributed by atoms with van der Waals surface area (Å²) >= 11 is 0. The van der Waals surface area contributed by atoms with Gasteiger partial charge in [-0.25, -0.2) is 9.97 Å². The number of nitrogens with zero attached hydrogens (tertiary/aromatic N) is 5. The molecule has 0 spiro atoms. The van der Waals surface area contributed by atoms with Crippen LogP contribution in [-0.2, 0) is 13.1 Å². The number of hydrogen-bond donors (Lipinski definition) is 0. The first kappa shape index (κ1) is 11.2. The molecule has 5 nitrogen and oxygen atoms in total. The molecule has 0 atom stereocenters. The number of aromatic nitrogens is 2. The van der Waals surface area contributed by atoms with Crippen molar-refractivity contribution in [2.75, 3.05) is 0 Å². The fourth-order valence-electron chi connectivity index (χ4n) is 2.23. The molecule has 0 radical (unpaired) electrons. The second-order valence-corrected chi connectivity index (χ2v) is 4.30. The summed E-state index contributed by atoms with van der Waals surface area (Å²) in [6.07, 6.45) is 3.63. The first-order valence-corrected chi connectivity index (χ1v) is 5.80. The predicted octanol–water partition coefficient (Wildman–Crippen LogP) is 1.81. The van der Waals surface area contributed by atoms with Crippen LogP contribution in [-0.4, -0.2) is 14.9 Å². The molecule has 0 saturated carbocycles. The van der Waals surface area contributed by atoms with E-state index < -0.39 is 0 Å². The molecule has 3 rings (SSSR count). The van der Waals surface area contributed by atoms with Crippen molar-refractivity contribution in [2.24, 2.45) is 0 Å². The van der Waals surface area contributed by atoms with Crippen LogP contribution in [0.2, 0.25) is 0 Å². The lowest BCUT2D eigenvalue weighted by atomic mass is 10.0. The predicted molar refractivity (Wildman–Crippen MR) is 67.0 cm³/mol. The van der Waals surface area contributed by atoms with Crippen LogP contribution in [0.3, 0.4) is 0 Å². The Kier molecular flexibility index (Phi) is 2.59. The SMILES string of the molecule is N#Cc1cccc(-c2ncnc3c2CN(C#N)C3)c1. The van der Waals surface area contributed by atoms with Crippen LogP contribution in [0.15, 0.2) is 30.6 Å². The summed E-state index contributed by atoms with van der Waals surface area (Å²) in [5.74, 6) is 0. The van der Waals surface area contributed by atoms with Crippen LogP contribution in [0.1, 0.15) is 16.8 Å². The van der Waals surface area contributed by atoms with Gasteiger partial charge in [-0.15, -0.1) is 0 Å². The molecule has 5 heteroatoms. The van der Waals surface area contributed by atoms with Gasteiger partial charge in [-0.1, -0.05) is 12.1 Å². The minimum Gasteiger partial charge on any atom is -0.300 e. The molecular formula is C14H9N5. The highest BCUT2D eigenvalue weighted by Crippen LogP contribution is 2.29. The Balaban J connectivity index is 2.11. The zero-order chi connectivity index (χ0) is 13.2. The largest absolute Gasteiger partial charge is 0.300 e. The van der Waals surface area contributed by atoms with Gasteiger partial charge in [0.1, 0.15) is 6.33 Å². The Morgan fingerprint density at radius 2 is 2.05 bits per heavy atom. The second kappa shape index (κ2) is 4.40. The van der Waals surface area contributed by atoms with Crippen molar-refractivity contribution in [3.05, 3.63) is 47.4 Å². The number of rotatable bonds is 1. The van der Waals surface area contributed by atoms with E-state index in [1.165, 1.54) is 6.33 Å². The van der Waals surface area contributed by atoms with Gasteiger partial charge in [0.2, 0.25) is 0 Å². The monoisotopic (exact) mass is 247 g/mol. The van der Waals surface area contributed by atoms with Gasteiger partial charge in [0.25, 0.3) is 0 Å². The maximum absolute atomic E-state index is 8.97. The molecule has 0 aliphatic carbocycles. The van der Waals surface area contributed by atoms with E-state index in [9.17, 15) is 0 Å². The molecule has 0 unspecified atom stereocenters. The van der Waals surface area contributed by atoms with Crippen LogP contribution in [0.25, 0.3) is 11.3 Å². The fraction of sp³-hybridized carbons (Fsp3) is 0.143. The van der Waals surface area contributed by atoms with Crippen molar-refractivity contribution in [3.8, 4) is 23.5 Å². The van der Waals surface area contributed by atoms with E-state index in [-0.39, 0.29) is 0 Å². The zero-order valence-electron chi connectivity index (χ0n) is 10.0. The Morgan fingerprint density at radius 3 is 2.84 bits per heavy atom. The van der Waals surface area contributed by atoms with E-state index in [2.05, 4.69) is 22.2 Å². The quantitative estimate of drug-likeness (QED) is 0.718. The summed E-state index contributed by atoms with van der Waals surface area (Å²) in [5.41, 5.74) is 4.14. The minimum atomic E-state index is 0.527. The third-order valence-electron chi connectivity index (χ3n) is 3.13. The molecule has 0 bridgehead atoms. The number of hydrogen-bond acceptors (Lipinski definition) is 5. The molecule has 1 aromatic carbocycles. The van der Waals surface area contributed by atoms with Crippen molar-refractivity contribution in [3.63, 3.8) is 0 Å². The molecule has 2 aromatic rings. The standard InChI is InChI=1S/C14H9N5/c15-5-10-2-1-3-11(4-10)14-12-6-19(8-16)7-13(12)17-9-18-14/h1-4,9H,6-7H2. The zero-order valence-corrected chi connectivity index (χ0v) is 10.0. The Bertz CT molecular complexity index is 723. The highest BCUT2D eigenvalue weighted by Gasteiger charge is 2.23. The summed E-state index contributed by atoms with van der Waals surface area (Å²) in [6, 6.07) is 9.43. The molecule has 1 aliphatic heterocycles. The Morgan fingerprint density at radius 1 is 1.16 bits per heavy atom. The fourth-order valence-corrected chi connectivity index (χ4v) is 2.23. The molecule has 1 aromatic heterocycles. The number of benzene rings is 1. The Hall–Kier alpha value is -2.92. The molecule has 1 aliphatic rings. The lowest BCUT2D eigenvalue weighted by Gasteiger charge is -2.06. The summed E-state index contributed by atoms with van der Waals surface area (Å²) in [6.45, 7) is 1.05. The van der Waals surface area contributed by atoms with Crippen molar-refractivity contribution in [2.45, 2.75) is 13.1 Å². The van der Waals surface area contributed by atoms with Crippen molar-refractivity contribution >= 4 is 0 Å². The summed E-state index contributed by atoms with van der Waals surface area (Å²) in [7, 11) is 0. The first-order valence-electron chi connectivity index (χ1n) is 5.80. The number of fused-ring (bicyclic) bond motifs is 1. The molecule has 2 heterocycles. The van der Waals surface area contributed by atoms with Crippen LogP contribution >= 0.6 is 0 Å². The molecular weight excluding hydrogens is 238 g/mol. The highest BCUT2D eigenvalue weighted by molar-refractivity contribution is 5.66. The Labute approximate surface area is 110 Å².